The first kappa shape index (κ1) is 19.3. The second-order valence-electron chi connectivity index (χ2n) is 7.02. The summed E-state index contributed by atoms with van der Waals surface area (Å²) in [5.41, 5.74) is 1.10. The van der Waals surface area contributed by atoms with Gasteiger partial charge in [0.15, 0.2) is 6.61 Å². The summed E-state index contributed by atoms with van der Waals surface area (Å²) in [7, 11) is 0. The van der Waals surface area contributed by atoms with Gasteiger partial charge in [-0.25, -0.2) is 9.78 Å². The second kappa shape index (κ2) is 8.16. The van der Waals surface area contributed by atoms with Gasteiger partial charge in [0.1, 0.15) is 15.5 Å². The van der Waals surface area contributed by atoms with Crippen LogP contribution in [0.25, 0.3) is 10.2 Å². The number of amides is 1. The highest BCUT2D eigenvalue weighted by molar-refractivity contribution is 7.20. The van der Waals surface area contributed by atoms with Crippen LogP contribution in [-0.2, 0) is 22.5 Å². The first-order chi connectivity index (χ1) is 14.0. The Balaban J connectivity index is 1.53. The van der Waals surface area contributed by atoms with E-state index in [0.29, 0.717) is 32.9 Å². The zero-order valence-electron chi connectivity index (χ0n) is 16.1. The molecule has 0 bridgehead atoms. The van der Waals surface area contributed by atoms with Gasteiger partial charge >= 0.3 is 5.97 Å². The van der Waals surface area contributed by atoms with E-state index >= 15 is 0 Å². The number of benzene rings is 1. The number of ether oxygens (including phenoxy) is 1. The molecule has 0 unspecified atom stereocenters. The Labute approximate surface area is 171 Å². The van der Waals surface area contributed by atoms with Gasteiger partial charge in [-0.1, -0.05) is 24.6 Å². The van der Waals surface area contributed by atoms with Crippen molar-refractivity contribution in [2.45, 2.75) is 39.2 Å². The highest BCUT2D eigenvalue weighted by Gasteiger charge is 2.23. The molecule has 29 heavy (non-hydrogen) atoms. The van der Waals surface area contributed by atoms with Crippen molar-refractivity contribution < 1.29 is 14.3 Å². The van der Waals surface area contributed by atoms with Crippen LogP contribution in [0.2, 0.25) is 0 Å². The van der Waals surface area contributed by atoms with Crippen LogP contribution in [0.15, 0.2) is 35.1 Å². The van der Waals surface area contributed by atoms with Crippen LogP contribution >= 0.6 is 11.3 Å². The highest BCUT2D eigenvalue weighted by Crippen LogP contribution is 2.29. The molecular formula is C21H21N3O4S. The summed E-state index contributed by atoms with van der Waals surface area (Å²) in [5.74, 6) is -0.259. The standard InChI is InChI=1S/C21H21N3O4S/c1-13-17-19(23-15-10-6-3-7-11-24(15)20(17)26)29-18(13)21(27)28-12-16(25)22-14-8-4-2-5-9-14/h2,4-5,8-9H,3,6-7,10-12H2,1H3,(H,22,25). The summed E-state index contributed by atoms with van der Waals surface area (Å²) in [4.78, 5) is 43.1. The quantitative estimate of drug-likeness (QED) is 0.666. The first-order valence-corrected chi connectivity index (χ1v) is 10.4. The summed E-state index contributed by atoms with van der Waals surface area (Å²) >= 11 is 1.15. The second-order valence-corrected chi connectivity index (χ2v) is 8.02. The number of carbonyl (C=O) groups excluding carboxylic acids is 2. The van der Waals surface area contributed by atoms with Gasteiger partial charge < -0.3 is 10.1 Å². The topological polar surface area (TPSA) is 90.3 Å². The molecule has 1 aromatic carbocycles. The molecule has 8 heteroatoms. The monoisotopic (exact) mass is 411 g/mol. The number of nitrogens with zero attached hydrogens (tertiary/aromatic N) is 2. The van der Waals surface area contributed by atoms with Gasteiger partial charge in [0, 0.05) is 18.7 Å². The molecule has 0 saturated carbocycles. The summed E-state index contributed by atoms with van der Waals surface area (Å²) in [6.45, 7) is 1.99. The first-order valence-electron chi connectivity index (χ1n) is 9.59. The molecule has 7 nitrogen and oxygen atoms in total. The number of nitrogens with one attached hydrogen (secondary N) is 1. The molecule has 0 aliphatic carbocycles. The Morgan fingerprint density at radius 3 is 2.79 bits per heavy atom. The molecule has 1 aliphatic heterocycles. The molecule has 1 aliphatic rings. The SMILES string of the molecule is Cc1c(C(=O)OCC(=O)Nc2ccccc2)sc2nc3n(c(=O)c12)CCCCC3. The van der Waals surface area contributed by atoms with Gasteiger partial charge in [0.05, 0.1) is 5.39 Å². The number of thiophene rings is 1. The zero-order valence-corrected chi connectivity index (χ0v) is 16.9. The van der Waals surface area contributed by atoms with Crippen molar-refractivity contribution in [2.24, 2.45) is 0 Å². The van der Waals surface area contributed by atoms with Gasteiger partial charge in [-0.3, -0.25) is 14.2 Å². The number of esters is 1. The van der Waals surface area contributed by atoms with Crippen molar-refractivity contribution in [1.29, 1.82) is 0 Å². The van der Waals surface area contributed by atoms with E-state index in [9.17, 15) is 14.4 Å². The number of aryl methyl sites for hydroxylation is 2. The molecule has 2 aromatic heterocycles. The van der Waals surface area contributed by atoms with Gasteiger partial charge in [-0.15, -0.1) is 11.3 Å². The Hall–Kier alpha value is -3.00. The maximum atomic E-state index is 13.0. The van der Waals surface area contributed by atoms with Crippen LogP contribution in [0, 0.1) is 6.92 Å². The van der Waals surface area contributed by atoms with E-state index in [4.69, 9.17) is 4.74 Å². The lowest BCUT2D eigenvalue weighted by Gasteiger charge is -2.08. The van der Waals surface area contributed by atoms with Crippen LogP contribution < -0.4 is 10.9 Å². The molecule has 3 heterocycles. The molecule has 0 atom stereocenters. The Bertz CT molecular complexity index is 1130. The third-order valence-electron chi connectivity index (χ3n) is 4.99. The number of anilines is 1. The van der Waals surface area contributed by atoms with Gasteiger partial charge in [0.25, 0.3) is 11.5 Å². The third-order valence-corrected chi connectivity index (χ3v) is 6.15. The number of carbonyl (C=O) groups is 2. The van der Waals surface area contributed by atoms with Gasteiger partial charge in [-0.05, 0) is 37.5 Å². The summed E-state index contributed by atoms with van der Waals surface area (Å²) in [6, 6.07) is 8.94. The molecule has 3 aromatic rings. The van der Waals surface area contributed by atoms with Gasteiger partial charge in [0.2, 0.25) is 0 Å². The fraction of sp³-hybridized carbons (Fsp3) is 0.333. The minimum Gasteiger partial charge on any atom is -0.451 e. The average Bonchev–Trinajstić information content (AvgIpc) is 2.88. The molecule has 0 radical (unpaired) electrons. The average molecular weight is 411 g/mol. The van der Waals surface area contributed by atoms with Crippen LogP contribution in [0.4, 0.5) is 5.69 Å². The molecule has 0 spiro atoms. The zero-order chi connectivity index (χ0) is 20.4. The number of aromatic nitrogens is 2. The minimum atomic E-state index is -0.617. The van der Waals surface area contributed by atoms with E-state index in [-0.39, 0.29) is 5.56 Å². The number of para-hydroxylation sites is 1. The van der Waals surface area contributed by atoms with E-state index < -0.39 is 18.5 Å². The van der Waals surface area contributed by atoms with E-state index in [1.807, 2.05) is 6.07 Å². The predicted molar refractivity (Wildman–Crippen MR) is 112 cm³/mol. The molecule has 1 N–H and O–H groups in total. The van der Waals surface area contributed by atoms with Crippen molar-refractivity contribution in [1.82, 2.24) is 9.55 Å². The minimum absolute atomic E-state index is 0.0958. The molecule has 0 saturated heterocycles. The van der Waals surface area contributed by atoms with Gasteiger partial charge in [-0.2, -0.15) is 0 Å². The number of fused-ring (bicyclic) bond motifs is 2. The smallest absolute Gasteiger partial charge is 0.349 e. The lowest BCUT2D eigenvalue weighted by molar-refractivity contribution is -0.119. The van der Waals surface area contributed by atoms with Crippen molar-refractivity contribution in [3.05, 3.63) is 57.0 Å². The molecule has 1 amide bonds. The fourth-order valence-electron chi connectivity index (χ4n) is 3.52. The Morgan fingerprint density at radius 2 is 2.00 bits per heavy atom. The fourth-order valence-corrected chi connectivity index (χ4v) is 4.60. The van der Waals surface area contributed by atoms with Crippen molar-refractivity contribution in [2.75, 3.05) is 11.9 Å². The molecular weight excluding hydrogens is 390 g/mol. The van der Waals surface area contributed by atoms with Crippen molar-refractivity contribution in [3.8, 4) is 0 Å². The largest absolute Gasteiger partial charge is 0.451 e. The van der Waals surface area contributed by atoms with Crippen LogP contribution in [0.5, 0.6) is 0 Å². The molecule has 4 rings (SSSR count). The Morgan fingerprint density at radius 1 is 1.21 bits per heavy atom. The number of hydrogen-bond donors (Lipinski definition) is 1. The van der Waals surface area contributed by atoms with E-state index in [1.54, 1.807) is 35.8 Å². The lowest BCUT2D eigenvalue weighted by atomic mass is 10.2. The number of hydrogen-bond acceptors (Lipinski definition) is 6. The lowest BCUT2D eigenvalue weighted by Crippen LogP contribution is -2.24. The molecule has 150 valence electrons. The molecule has 0 fully saturated rings. The number of rotatable bonds is 4. The maximum absolute atomic E-state index is 13.0. The highest BCUT2D eigenvalue weighted by atomic mass is 32.1. The summed E-state index contributed by atoms with van der Waals surface area (Å²) < 4.78 is 6.91. The van der Waals surface area contributed by atoms with E-state index in [2.05, 4.69) is 10.3 Å². The van der Waals surface area contributed by atoms with Crippen LogP contribution in [-0.4, -0.2) is 28.0 Å². The normalized spacial score (nSPS) is 13.6. The summed E-state index contributed by atoms with van der Waals surface area (Å²) in [6.07, 6.45) is 3.81. The van der Waals surface area contributed by atoms with Crippen molar-refractivity contribution in [3.63, 3.8) is 0 Å². The van der Waals surface area contributed by atoms with E-state index in [1.165, 1.54) is 0 Å². The van der Waals surface area contributed by atoms with Crippen LogP contribution in [0.1, 0.15) is 40.3 Å². The Kier molecular flexibility index (Phi) is 5.44. The maximum Gasteiger partial charge on any atom is 0.349 e. The van der Waals surface area contributed by atoms with Crippen LogP contribution in [0.3, 0.4) is 0 Å². The predicted octanol–water partition coefficient (Wildman–Crippen LogP) is 3.29. The summed E-state index contributed by atoms with van der Waals surface area (Å²) in [5, 5.41) is 3.14. The van der Waals surface area contributed by atoms with E-state index in [0.717, 1.165) is 42.8 Å². The van der Waals surface area contributed by atoms with Crippen molar-refractivity contribution >= 4 is 39.1 Å². The third kappa shape index (κ3) is 3.93.